The second-order valence-electron chi connectivity index (χ2n) is 4.67. The molecule has 2 atom stereocenters. The number of rotatable bonds is 7. The normalized spacial score (nSPS) is 28.7. The van der Waals surface area contributed by atoms with Gasteiger partial charge in [0.1, 0.15) is 0 Å². The lowest BCUT2D eigenvalue weighted by atomic mass is 9.84. The van der Waals surface area contributed by atoms with Gasteiger partial charge in [-0.1, -0.05) is 18.2 Å². The van der Waals surface area contributed by atoms with Crippen LogP contribution in [0, 0.1) is 5.92 Å². The Morgan fingerprint density at radius 2 is 2.11 bits per heavy atom. The fraction of sp³-hybridized carbons (Fsp3) is 0.714. The van der Waals surface area contributed by atoms with Gasteiger partial charge in [0.2, 0.25) is 0 Å². The van der Waals surface area contributed by atoms with Gasteiger partial charge in [-0.25, -0.2) is 4.57 Å². The average Bonchev–Trinajstić information content (AvgIpc) is 2.32. The molecule has 0 radical (unpaired) electrons. The maximum absolute atomic E-state index is 12.5. The molecule has 0 unspecified atom stereocenters. The van der Waals surface area contributed by atoms with Gasteiger partial charge in [-0.15, -0.1) is 0 Å². The van der Waals surface area contributed by atoms with Gasteiger partial charge < -0.3 is 0 Å². The van der Waals surface area contributed by atoms with Crippen molar-refractivity contribution in [2.75, 3.05) is 13.2 Å². The van der Waals surface area contributed by atoms with Crippen LogP contribution in [0.15, 0.2) is 23.8 Å². The molecule has 1 aliphatic rings. The van der Waals surface area contributed by atoms with Crippen LogP contribution in [0.5, 0.6) is 0 Å². The van der Waals surface area contributed by atoms with E-state index in [0.717, 1.165) is 17.6 Å². The minimum Gasteiger partial charge on any atom is -0.287 e. The van der Waals surface area contributed by atoms with Gasteiger partial charge in [-0.05, 0) is 52.0 Å². The topological polar surface area (TPSA) is 44.8 Å². The number of hydrogen-bond donors (Lipinski definition) is 0. The molecule has 0 spiro atoms. The zero-order valence-electron chi connectivity index (χ0n) is 13.3. The number of phosphoric ester groups is 1. The molecular formula is C14H25O4P. The van der Waals surface area contributed by atoms with E-state index in [1.54, 1.807) is 13.8 Å². The van der Waals surface area contributed by atoms with Crippen LogP contribution in [-0.2, 0) is 18.1 Å². The van der Waals surface area contributed by atoms with Crippen LogP contribution >= 0.6 is 7.82 Å². The maximum Gasteiger partial charge on any atom is 0.475 e. The molecule has 0 fully saturated rings. The summed E-state index contributed by atoms with van der Waals surface area (Å²) < 4.78 is 36.7. The third kappa shape index (κ3) is 4.88. The Bertz CT molecular complexity index is 425. The standard InChI is InChI=1S/C14H25O4P/c1-6-16-19(15,17-7-2)18-14-10-13(11(3)4)9-8-12(14)5/h8,13-14H,3,6-7,9-10H2,1-2,4-5H3/t13-,14-/m1/s1/i14D. The molecule has 5 heteroatoms. The van der Waals surface area contributed by atoms with E-state index in [2.05, 4.69) is 6.58 Å². The van der Waals surface area contributed by atoms with Gasteiger partial charge in [-0.3, -0.25) is 13.6 Å². The van der Waals surface area contributed by atoms with Crippen LogP contribution in [0.2, 0.25) is 0 Å². The molecule has 0 aromatic heterocycles. The van der Waals surface area contributed by atoms with Gasteiger partial charge in [0.25, 0.3) is 0 Å². The van der Waals surface area contributed by atoms with Crippen molar-refractivity contribution in [3.8, 4) is 0 Å². The Labute approximate surface area is 117 Å². The van der Waals surface area contributed by atoms with Crippen molar-refractivity contribution in [1.29, 1.82) is 0 Å². The zero-order valence-corrected chi connectivity index (χ0v) is 13.2. The van der Waals surface area contributed by atoms with Crippen LogP contribution in [0.25, 0.3) is 0 Å². The van der Waals surface area contributed by atoms with E-state index >= 15 is 0 Å². The second-order valence-corrected chi connectivity index (χ2v) is 6.26. The Balaban J connectivity index is 2.96. The molecular weight excluding hydrogens is 263 g/mol. The van der Waals surface area contributed by atoms with Crippen molar-refractivity contribution in [2.24, 2.45) is 5.92 Å². The maximum atomic E-state index is 12.5. The van der Waals surface area contributed by atoms with E-state index in [4.69, 9.17) is 14.9 Å². The molecule has 19 heavy (non-hydrogen) atoms. The Morgan fingerprint density at radius 3 is 2.58 bits per heavy atom. The quantitative estimate of drug-likeness (QED) is 0.512. The van der Waals surface area contributed by atoms with Crippen molar-refractivity contribution >= 4 is 7.82 Å². The SMILES string of the molecule is [2H][C@@]1(OP(=O)(OCC)OCC)C[C@H](C(=C)C)CC=C1C. The highest BCUT2D eigenvalue weighted by Gasteiger charge is 2.33. The van der Waals surface area contributed by atoms with Gasteiger partial charge >= 0.3 is 7.82 Å². The first-order valence-electron chi connectivity index (χ1n) is 7.19. The average molecular weight is 289 g/mol. The molecule has 0 saturated heterocycles. The Morgan fingerprint density at radius 1 is 1.53 bits per heavy atom. The third-order valence-corrected chi connectivity index (χ3v) is 4.67. The first kappa shape index (κ1) is 15.0. The zero-order chi connectivity index (χ0) is 15.4. The molecule has 110 valence electrons. The summed E-state index contributed by atoms with van der Waals surface area (Å²) in [6.07, 6.45) is 1.80. The van der Waals surface area contributed by atoms with Crippen LogP contribution in [0.4, 0.5) is 0 Å². The van der Waals surface area contributed by atoms with Crippen molar-refractivity contribution in [1.82, 2.24) is 0 Å². The summed E-state index contributed by atoms with van der Waals surface area (Å²) in [5.74, 6) is 0.146. The molecule has 1 aliphatic carbocycles. The molecule has 0 aromatic carbocycles. The summed E-state index contributed by atoms with van der Waals surface area (Å²) >= 11 is 0. The molecule has 0 aromatic rings. The van der Waals surface area contributed by atoms with E-state index < -0.39 is 13.9 Å². The lowest BCUT2D eigenvalue weighted by molar-refractivity contribution is 0.0859. The number of phosphoric acid groups is 1. The summed E-state index contributed by atoms with van der Waals surface area (Å²) in [7, 11) is -3.71. The first-order valence-corrected chi connectivity index (χ1v) is 8.15. The third-order valence-electron chi connectivity index (χ3n) is 3.07. The molecule has 4 nitrogen and oxygen atoms in total. The highest BCUT2D eigenvalue weighted by molar-refractivity contribution is 7.48. The van der Waals surface area contributed by atoms with Crippen LogP contribution in [0.1, 0.15) is 41.9 Å². The minimum atomic E-state index is -3.71. The van der Waals surface area contributed by atoms with Crippen molar-refractivity contribution in [3.63, 3.8) is 0 Å². The minimum absolute atomic E-state index is 0.146. The number of hydrogen-bond acceptors (Lipinski definition) is 4. The Hall–Kier alpha value is -0.410. The van der Waals surface area contributed by atoms with Gasteiger partial charge in [-0.2, -0.15) is 0 Å². The van der Waals surface area contributed by atoms with E-state index in [1.807, 2.05) is 19.9 Å². The van der Waals surface area contributed by atoms with Crippen LogP contribution in [0.3, 0.4) is 0 Å². The van der Waals surface area contributed by atoms with Crippen molar-refractivity contribution in [2.45, 2.75) is 46.6 Å². The molecule has 0 aliphatic heterocycles. The highest BCUT2D eigenvalue weighted by Crippen LogP contribution is 2.52. The van der Waals surface area contributed by atoms with Gasteiger partial charge in [0.05, 0.1) is 20.7 Å². The summed E-state index contributed by atoms with van der Waals surface area (Å²) in [5, 5.41) is 0. The lowest BCUT2D eigenvalue weighted by Crippen LogP contribution is -2.23. The van der Waals surface area contributed by atoms with E-state index in [-0.39, 0.29) is 19.1 Å². The summed E-state index contributed by atoms with van der Waals surface area (Å²) in [5.41, 5.74) is 1.73. The molecule has 0 heterocycles. The van der Waals surface area contributed by atoms with Gasteiger partial charge in [0, 0.05) is 0 Å². The Kier molecular flexibility index (Phi) is 5.83. The first-order chi connectivity index (χ1) is 9.26. The number of allylic oxidation sites excluding steroid dienone is 2. The summed E-state index contributed by atoms with van der Waals surface area (Å²) in [6.45, 7) is 11.5. The van der Waals surface area contributed by atoms with Gasteiger partial charge in [0.15, 0.2) is 0 Å². The molecule has 0 saturated carbocycles. The van der Waals surface area contributed by atoms with E-state index in [9.17, 15) is 4.57 Å². The molecule has 1 rings (SSSR count). The molecule has 0 amide bonds. The van der Waals surface area contributed by atoms with Crippen molar-refractivity contribution < 1.29 is 19.5 Å². The lowest BCUT2D eigenvalue weighted by Gasteiger charge is -2.30. The highest BCUT2D eigenvalue weighted by atomic mass is 31.2. The largest absolute Gasteiger partial charge is 0.475 e. The van der Waals surface area contributed by atoms with E-state index in [0.29, 0.717) is 6.42 Å². The predicted molar refractivity (Wildman–Crippen MR) is 77.0 cm³/mol. The van der Waals surface area contributed by atoms with Crippen LogP contribution < -0.4 is 0 Å². The molecule has 0 N–H and O–H groups in total. The van der Waals surface area contributed by atoms with Crippen LogP contribution in [-0.4, -0.2) is 19.3 Å². The monoisotopic (exact) mass is 289 g/mol. The molecule has 0 bridgehead atoms. The fourth-order valence-corrected chi connectivity index (χ4v) is 3.23. The smallest absolute Gasteiger partial charge is 0.287 e. The summed E-state index contributed by atoms with van der Waals surface area (Å²) in [6, 6.07) is 0. The summed E-state index contributed by atoms with van der Waals surface area (Å²) in [4.78, 5) is 0. The predicted octanol–water partition coefficient (Wildman–Crippen LogP) is 4.49. The van der Waals surface area contributed by atoms with Crippen molar-refractivity contribution in [3.05, 3.63) is 23.8 Å². The van der Waals surface area contributed by atoms with E-state index in [1.165, 1.54) is 0 Å². The second kappa shape index (κ2) is 7.39. The fourth-order valence-electron chi connectivity index (χ4n) is 1.93.